The van der Waals surface area contributed by atoms with E-state index in [2.05, 4.69) is 10.2 Å². The number of hydrogen-bond acceptors (Lipinski definition) is 5. The molecule has 1 aromatic carbocycles. The lowest BCUT2D eigenvalue weighted by molar-refractivity contribution is 0.0910. The van der Waals surface area contributed by atoms with Crippen LogP contribution in [0.15, 0.2) is 34.5 Å². The van der Waals surface area contributed by atoms with Gasteiger partial charge in [-0.15, -0.1) is 11.3 Å². The Balaban J connectivity index is 1.49. The number of halogens is 3. The molecule has 0 radical (unpaired) electrons. The lowest BCUT2D eigenvalue weighted by Crippen LogP contribution is -2.44. The molecule has 1 fully saturated rings. The number of benzene rings is 1. The number of nitrogens with one attached hydrogen (secondary N) is 1. The summed E-state index contributed by atoms with van der Waals surface area (Å²) in [7, 11) is 1.43. The normalized spacial score (nSPS) is 15.8. The van der Waals surface area contributed by atoms with Gasteiger partial charge in [0, 0.05) is 30.6 Å². The number of methoxy groups -OCH3 is 1. The van der Waals surface area contributed by atoms with Crippen LogP contribution < -0.4 is 10.1 Å². The molecule has 1 amide bonds. The summed E-state index contributed by atoms with van der Waals surface area (Å²) in [5.74, 6) is -3.00. The SMILES string of the molecule is COc1ccc(CN2CCC(NC(=O)c3sccc3SC(F)F)CC2)cc1F. The predicted molar refractivity (Wildman–Crippen MR) is 105 cm³/mol. The van der Waals surface area contributed by atoms with E-state index in [9.17, 15) is 18.0 Å². The third kappa shape index (κ3) is 5.42. The minimum atomic E-state index is -2.55. The number of hydrogen-bond donors (Lipinski definition) is 1. The van der Waals surface area contributed by atoms with E-state index in [0.29, 0.717) is 28.1 Å². The standard InChI is InChI=1S/C19H21F3N2O2S2/c1-26-15-3-2-12(10-14(15)20)11-24-7-4-13(5-8-24)23-18(25)17-16(6-9-27-17)28-19(21)22/h2-3,6,9-10,13,19H,4-5,7-8,11H2,1H3,(H,23,25). The van der Waals surface area contributed by atoms with Crippen molar-refractivity contribution in [2.24, 2.45) is 0 Å². The third-order valence-electron chi connectivity index (χ3n) is 4.60. The number of alkyl halides is 2. The van der Waals surface area contributed by atoms with Gasteiger partial charge < -0.3 is 10.1 Å². The Morgan fingerprint density at radius 3 is 2.75 bits per heavy atom. The number of ether oxygens (including phenoxy) is 1. The lowest BCUT2D eigenvalue weighted by Gasteiger charge is -2.32. The van der Waals surface area contributed by atoms with Crippen LogP contribution in [0.3, 0.4) is 0 Å². The van der Waals surface area contributed by atoms with Crippen molar-refractivity contribution in [3.05, 3.63) is 45.9 Å². The van der Waals surface area contributed by atoms with Crippen LogP contribution in [0, 0.1) is 5.82 Å². The second kappa shape index (κ2) is 9.67. The molecule has 2 aromatic rings. The van der Waals surface area contributed by atoms with Crippen LogP contribution in [-0.4, -0.2) is 42.8 Å². The number of rotatable bonds is 7. The van der Waals surface area contributed by atoms with Crippen LogP contribution in [0.1, 0.15) is 28.1 Å². The van der Waals surface area contributed by atoms with Crippen molar-refractivity contribution in [1.29, 1.82) is 0 Å². The molecule has 152 valence electrons. The van der Waals surface area contributed by atoms with Gasteiger partial charge in [-0.3, -0.25) is 9.69 Å². The number of nitrogens with zero attached hydrogens (tertiary/aromatic N) is 1. The Bertz CT molecular complexity index is 808. The van der Waals surface area contributed by atoms with Crippen LogP contribution in [0.4, 0.5) is 13.2 Å². The molecule has 2 heterocycles. The van der Waals surface area contributed by atoms with Crippen LogP contribution in [0.5, 0.6) is 5.75 Å². The molecule has 1 aliphatic rings. The third-order valence-corrected chi connectivity index (χ3v) is 6.41. The lowest BCUT2D eigenvalue weighted by atomic mass is 10.0. The van der Waals surface area contributed by atoms with Crippen molar-refractivity contribution in [3.8, 4) is 5.75 Å². The first-order valence-electron chi connectivity index (χ1n) is 8.84. The van der Waals surface area contributed by atoms with Crippen molar-refractivity contribution in [2.75, 3.05) is 20.2 Å². The zero-order chi connectivity index (χ0) is 20.1. The van der Waals surface area contributed by atoms with Gasteiger partial charge in [0.15, 0.2) is 11.6 Å². The van der Waals surface area contributed by atoms with Crippen LogP contribution in [-0.2, 0) is 6.54 Å². The van der Waals surface area contributed by atoms with E-state index in [1.54, 1.807) is 17.5 Å². The van der Waals surface area contributed by atoms with Gasteiger partial charge in [-0.05, 0) is 42.0 Å². The fourth-order valence-corrected chi connectivity index (χ4v) is 4.81. The number of carbonyl (C=O) groups is 1. The molecule has 3 rings (SSSR count). The van der Waals surface area contributed by atoms with Gasteiger partial charge in [-0.25, -0.2) is 4.39 Å². The van der Waals surface area contributed by atoms with Crippen molar-refractivity contribution in [1.82, 2.24) is 10.2 Å². The molecule has 1 aliphatic heterocycles. The molecule has 4 nitrogen and oxygen atoms in total. The van der Waals surface area contributed by atoms with Crippen molar-refractivity contribution in [2.45, 2.75) is 36.1 Å². The van der Waals surface area contributed by atoms with E-state index >= 15 is 0 Å². The minimum absolute atomic E-state index is 0.00264. The van der Waals surface area contributed by atoms with Crippen LogP contribution >= 0.6 is 23.1 Å². The van der Waals surface area contributed by atoms with Crippen molar-refractivity contribution in [3.63, 3.8) is 0 Å². The Morgan fingerprint density at radius 2 is 2.11 bits per heavy atom. The molecule has 1 N–H and O–H groups in total. The molecule has 0 spiro atoms. The molecule has 1 aromatic heterocycles. The Labute approximate surface area is 170 Å². The molecular weight excluding hydrogens is 409 g/mol. The van der Waals surface area contributed by atoms with Gasteiger partial charge in [0.2, 0.25) is 0 Å². The summed E-state index contributed by atoms with van der Waals surface area (Å²) in [4.78, 5) is 15.3. The summed E-state index contributed by atoms with van der Waals surface area (Å²) in [6.45, 7) is 2.16. The maximum absolute atomic E-state index is 13.8. The highest BCUT2D eigenvalue weighted by Gasteiger charge is 2.24. The fraction of sp³-hybridized carbons (Fsp3) is 0.421. The second-order valence-corrected chi connectivity index (χ2v) is 8.43. The average molecular weight is 431 g/mol. The van der Waals surface area contributed by atoms with E-state index < -0.39 is 5.76 Å². The first-order valence-corrected chi connectivity index (χ1v) is 10.6. The van der Waals surface area contributed by atoms with Crippen molar-refractivity contribution >= 4 is 29.0 Å². The maximum atomic E-state index is 13.8. The molecule has 0 saturated carbocycles. The van der Waals surface area contributed by atoms with E-state index in [4.69, 9.17) is 4.74 Å². The highest BCUT2D eigenvalue weighted by Crippen LogP contribution is 2.32. The highest BCUT2D eigenvalue weighted by molar-refractivity contribution is 7.99. The number of likely N-dealkylation sites (tertiary alicyclic amines) is 1. The summed E-state index contributed by atoms with van der Waals surface area (Å²) >= 11 is 1.57. The highest BCUT2D eigenvalue weighted by atomic mass is 32.2. The number of carbonyl (C=O) groups excluding carboxylic acids is 1. The Kier molecular flexibility index (Phi) is 7.25. The van der Waals surface area contributed by atoms with Gasteiger partial charge >= 0.3 is 0 Å². The minimum Gasteiger partial charge on any atom is -0.494 e. The zero-order valence-corrected chi connectivity index (χ0v) is 16.9. The smallest absolute Gasteiger partial charge is 0.288 e. The maximum Gasteiger partial charge on any atom is 0.288 e. The van der Waals surface area contributed by atoms with Crippen LogP contribution in [0.2, 0.25) is 0 Å². The topological polar surface area (TPSA) is 41.6 Å². The molecule has 0 unspecified atom stereocenters. The zero-order valence-electron chi connectivity index (χ0n) is 15.3. The summed E-state index contributed by atoms with van der Waals surface area (Å²) in [6, 6.07) is 6.49. The summed E-state index contributed by atoms with van der Waals surface area (Å²) in [5.41, 5.74) is 0.869. The molecule has 0 bridgehead atoms. The first kappa shape index (κ1) is 21.0. The molecule has 9 heteroatoms. The van der Waals surface area contributed by atoms with Gasteiger partial charge in [0.05, 0.1) is 7.11 Å². The van der Waals surface area contributed by atoms with Gasteiger partial charge in [-0.1, -0.05) is 17.8 Å². The number of amides is 1. The largest absolute Gasteiger partial charge is 0.494 e. The fourth-order valence-electron chi connectivity index (χ4n) is 3.20. The van der Waals surface area contributed by atoms with E-state index in [1.165, 1.54) is 24.5 Å². The number of piperidine rings is 1. The summed E-state index contributed by atoms with van der Waals surface area (Å²) in [6.07, 6.45) is 1.51. The first-order chi connectivity index (χ1) is 13.5. The number of thiophene rings is 1. The molecule has 1 saturated heterocycles. The van der Waals surface area contributed by atoms with Gasteiger partial charge in [0.1, 0.15) is 4.88 Å². The Hall–Kier alpha value is -1.71. The van der Waals surface area contributed by atoms with E-state index in [-0.39, 0.29) is 23.5 Å². The molecule has 0 atom stereocenters. The van der Waals surface area contributed by atoms with Crippen LogP contribution in [0.25, 0.3) is 0 Å². The van der Waals surface area contributed by atoms with Gasteiger partial charge in [0.25, 0.3) is 11.7 Å². The van der Waals surface area contributed by atoms with E-state index in [1.807, 2.05) is 6.07 Å². The molecular formula is C19H21F3N2O2S2. The average Bonchev–Trinajstić information content (AvgIpc) is 3.11. The molecule has 28 heavy (non-hydrogen) atoms. The predicted octanol–water partition coefficient (Wildman–Crippen LogP) is 4.60. The van der Waals surface area contributed by atoms with Crippen molar-refractivity contribution < 1.29 is 22.7 Å². The Morgan fingerprint density at radius 1 is 1.36 bits per heavy atom. The molecule has 0 aliphatic carbocycles. The summed E-state index contributed by atoms with van der Waals surface area (Å²) in [5, 5.41) is 4.60. The summed E-state index contributed by atoms with van der Waals surface area (Å²) < 4.78 is 43.9. The number of thioether (sulfide) groups is 1. The van der Waals surface area contributed by atoms with Gasteiger partial charge in [-0.2, -0.15) is 8.78 Å². The van der Waals surface area contributed by atoms with E-state index in [0.717, 1.165) is 31.5 Å². The second-order valence-electron chi connectivity index (χ2n) is 6.49. The monoisotopic (exact) mass is 430 g/mol. The quantitative estimate of drug-likeness (QED) is 0.652.